The van der Waals surface area contributed by atoms with Crippen molar-refractivity contribution in [1.82, 2.24) is 10.2 Å². The summed E-state index contributed by atoms with van der Waals surface area (Å²) in [6, 6.07) is 0. The zero-order valence-corrected chi connectivity index (χ0v) is 13.3. The number of ether oxygens (including phenoxy) is 1. The molecule has 0 radical (unpaired) electrons. The lowest BCUT2D eigenvalue weighted by atomic mass is 9.81. The Morgan fingerprint density at radius 2 is 1.95 bits per heavy atom. The number of methoxy groups -OCH3 is 1. The van der Waals surface area contributed by atoms with Crippen LogP contribution in [-0.4, -0.2) is 49.3 Å². The zero-order chi connectivity index (χ0) is 13.9. The first kappa shape index (κ1) is 15.3. The van der Waals surface area contributed by atoms with Gasteiger partial charge in [0.1, 0.15) is 0 Å². The molecule has 1 unspecified atom stereocenters. The zero-order valence-electron chi connectivity index (χ0n) is 13.3. The van der Waals surface area contributed by atoms with Crippen molar-refractivity contribution in [2.45, 2.75) is 64.0 Å². The highest BCUT2D eigenvalue weighted by Crippen LogP contribution is 2.43. The minimum absolute atomic E-state index is 0.348. The van der Waals surface area contributed by atoms with Gasteiger partial charge in [0, 0.05) is 44.4 Å². The molecule has 1 saturated carbocycles. The number of nitrogens with one attached hydrogen (secondary N) is 1. The standard InChI is InChI=1S/C16H32N2O/c1-5-16(6-2)12-17-15(3,14-8-9-14)13-18(16)10-7-11-19-4/h14,17H,5-13H2,1-4H3. The molecule has 0 aromatic rings. The Morgan fingerprint density at radius 1 is 1.26 bits per heavy atom. The maximum atomic E-state index is 5.24. The van der Waals surface area contributed by atoms with Crippen LogP contribution in [0.1, 0.15) is 52.9 Å². The molecule has 0 amide bonds. The SMILES string of the molecule is CCC1(CC)CNC(C)(C2CC2)CN1CCCOC. The van der Waals surface area contributed by atoms with Gasteiger partial charge < -0.3 is 10.1 Å². The van der Waals surface area contributed by atoms with Crippen molar-refractivity contribution in [3.05, 3.63) is 0 Å². The summed E-state index contributed by atoms with van der Waals surface area (Å²) in [4.78, 5) is 2.76. The maximum Gasteiger partial charge on any atom is 0.0474 e. The Balaban J connectivity index is 2.04. The monoisotopic (exact) mass is 268 g/mol. The van der Waals surface area contributed by atoms with E-state index in [1.165, 1.54) is 38.8 Å². The number of hydrogen-bond donors (Lipinski definition) is 1. The number of piperazine rings is 1. The molecule has 0 bridgehead atoms. The molecular weight excluding hydrogens is 236 g/mol. The quantitative estimate of drug-likeness (QED) is 0.718. The van der Waals surface area contributed by atoms with E-state index >= 15 is 0 Å². The lowest BCUT2D eigenvalue weighted by Crippen LogP contribution is -2.69. The molecule has 0 aromatic carbocycles. The number of hydrogen-bond acceptors (Lipinski definition) is 3. The van der Waals surface area contributed by atoms with Gasteiger partial charge in [-0.25, -0.2) is 0 Å². The molecule has 1 N–H and O–H groups in total. The van der Waals surface area contributed by atoms with Crippen LogP contribution in [0, 0.1) is 5.92 Å². The lowest BCUT2D eigenvalue weighted by molar-refractivity contribution is -0.00785. The lowest BCUT2D eigenvalue weighted by Gasteiger charge is -2.54. The summed E-state index contributed by atoms with van der Waals surface area (Å²) in [7, 11) is 1.80. The van der Waals surface area contributed by atoms with Crippen LogP contribution in [0.15, 0.2) is 0 Å². The Labute approximate surface area is 119 Å². The summed E-state index contributed by atoms with van der Waals surface area (Å²) in [6.45, 7) is 11.5. The predicted octanol–water partition coefficient (Wildman–Crippen LogP) is 2.66. The van der Waals surface area contributed by atoms with E-state index in [4.69, 9.17) is 4.74 Å². The second kappa shape index (κ2) is 6.11. The summed E-state index contributed by atoms with van der Waals surface area (Å²) >= 11 is 0. The molecule has 1 saturated heterocycles. The first-order valence-corrected chi connectivity index (χ1v) is 8.09. The molecule has 3 nitrogen and oxygen atoms in total. The molecule has 1 aliphatic heterocycles. The molecule has 2 fully saturated rings. The van der Waals surface area contributed by atoms with Gasteiger partial charge in [-0.05, 0) is 44.9 Å². The fraction of sp³-hybridized carbons (Fsp3) is 1.00. The molecule has 2 rings (SSSR count). The highest BCUT2D eigenvalue weighted by atomic mass is 16.5. The van der Waals surface area contributed by atoms with Gasteiger partial charge in [0.05, 0.1) is 0 Å². The van der Waals surface area contributed by atoms with Crippen molar-refractivity contribution in [3.8, 4) is 0 Å². The van der Waals surface area contributed by atoms with Crippen LogP contribution in [0.3, 0.4) is 0 Å². The minimum atomic E-state index is 0.348. The average molecular weight is 268 g/mol. The van der Waals surface area contributed by atoms with Gasteiger partial charge in [0.25, 0.3) is 0 Å². The fourth-order valence-corrected chi connectivity index (χ4v) is 3.76. The summed E-state index contributed by atoms with van der Waals surface area (Å²) in [5.74, 6) is 0.907. The normalized spacial score (nSPS) is 31.6. The first-order chi connectivity index (χ1) is 9.10. The average Bonchev–Trinajstić information content (AvgIpc) is 3.25. The van der Waals surface area contributed by atoms with Crippen LogP contribution in [0.5, 0.6) is 0 Å². The van der Waals surface area contributed by atoms with E-state index in [2.05, 4.69) is 31.0 Å². The van der Waals surface area contributed by atoms with Gasteiger partial charge in [-0.2, -0.15) is 0 Å². The Bertz CT molecular complexity index is 286. The van der Waals surface area contributed by atoms with Crippen LogP contribution < -0.4 is 5.32 Å². The maximum absolute atomic E-state index is 5.24. The highest BCUT2D eigenvalue weighted by Gasteiger charge is 2.49. The molecule has 112 valence electrons. The third kappa shape index (κ3) is 3.14. The number of nitrogens with zero attached hydrogens (tertiary/aromatic N) is 1. The second-order valence-corrected chi connectivity index (χ2v) is 6.74. The smallest absolute Gasteiger partial charge is 0.0474 e. The van der Waals surface area contributed by atoms with Crippen molar-refractivity contribution >= 4 is 0 Å². The van der Waals surface area contributed by atoms with Crippen molar-refractivity contribution in [2.75, 3.05) is 33.4 Å². The number of rotatable bonds is 7. The van der Waals surface area contributed by atoms with Gasteiger partial charge in [0.15, 0.2) is 0 Å². The summed E-state index contributed by atoms with van der Waals surface area (Å²) < 4.78 is 5.24. The third-order valence-electron chi connectivity index (χ3n) is 5.58. The van der Waals surface area contributed by atoms with Crippen LogP contribution >= 0.6 is 0 Å². The molecule has 2 aliphatic rings. The second-order valence-electron chi connectivity index (χ2n) is 6.74. The largest absolute Gasteiger partial charge is 0.385 e. The third-order valence-corrected chi connectivity index (χ3v) is 5.58. The van der Waals surface area contributed by atoms with E-state index in [0.717, 1.165) is 25.5 Å². The van der Waals surface area contributed by atoms with Gasteiger partial charge >= 0.3 is 0 Å². The van der Waals surface area contributed by atoms with Crippen molar-refractivity contribution < 1.29 is 4.74 Å². The summed E-state index contributed by atoms with van der Waals surface area (Å²) in [5, 5.41) is 3.90. The van der Waals surface area contributed by atoms with Gasteiger partial charge in [0.2, 0.25) is 0 Å². The van der Waals surface area contributed by atoms with Crippen LogP contribution in [-0.2, 0) is 4.74 Å². The molecular formula is C16H32N2O. The molecule has 0 spiro atoms. The van der Waals surface area contributed by atoms with Crippen LogP contribution in [0.2, 0.25) is 0 Å². The van der Waals surface area contributed by atoms with E-state index in [1.807, 2.05) is 0 Å². The molecule has 3 heteroatoms. The Kier molecular flexibility index (Phi) is 4.91. The fourth-order valence-electron chi connectivity index (χ4n) is 3.76. The minimum Gasteiger partial charge on any atom is -0.385 e. The van der Waals surface area contributed by atoms with Gasteiger partial charge in [-0.1, -0.05) is 13.8 Å². The van der Waals surface area contributed by atoms with Crippen LogP contribution in [0.25, 0.3) is 0 Å². The Hall–Kier alpha value is -0.120. The Morgan fingerprint density at radius 3 is 2.47 bits per heavy atom. The van der Waals surface area contributed by atoms with Gasteiger partial charge in [-0.3, -0.25) is 4.90 Å². The van der Waals surface area contributed by atoms with Crippen molar-refractivity contribution in [1.29, 1.82) is 0 Å². The predicted molar refractivity (Wildman–Crippen MR) is 80.5 cm³/mol. The molecule has 1 aliphatic carbocycles. The molecule has 19 heavy (non-hydrogen) atoms. The van der Waals surface area contributed by atoms with E-state index in [1.54, 1.807) is 7.11 Å². The van der Waals surface area contributed by atoms with Crippen LogP contribution in [0.4, 0.5) is 0 Å². The molecule has 1 heterocycles. The van der Waals surface area contributed by atoms with E-state index in [0.29, 0.717) is 11.1 Å². The van der Waals surface area contributed by atoms with E-state index < -0.39 is 0 Å². The topological polar surface area (TPSA) is 24.5 Å². The summed E-state index contributed by atoms with van der Waals surface area (Å²) in [5.41, 5.74) is 0.711. The first-order valence-electron chi connectivity index (χ1n) is 8.09. The van der Waals surface area contributed by atoms with Gasteiger partial charge in [-0.15, -0.1) is 0 Å². The van der Waals surface area contributed by atoms with Crippen molar-refractivity contribution in [2.24, 2.45) is 5.92 Å². The molecule has 0 aromatic heterocycles. The van der Waals surface area contributed by atoms with E-state index in [9.17, 15) is 0 Å². The molecule has 1 atom stereocenters. The van der Waals surface area contributed by atoms with E-state index in [-0.39, 0.29) is 0 Å². The highest BCUT2D eigenvalue weighted by molar-refractivity contribution is 5.08. The van der Waals surface area contributed by atoms with Crippen molar-refractivity contribution in [3.63, 3.8) is 0 Å². The summed E-state index contributed by atoms with van der Waals surface area (Å²) in [6.07, 6.45) is 6.47.